The van der Waals surface area contributed by atoms with Crippen LogP contribution in [-0.2, 0) is 16.1 Å². The molecule has 162 valence electrons. The standard InChI is InChI=1S/C24H32N2O4/c1-16(2)25-24(28)19(5)26(14-20-7-9-21(29-6)10-8-20)23(27)15-30-22-12-17(3)11-18(4)13-22/h7-13,16,19H,14-15H2,1-6H3,(H,25,28)/t19-/m1/s1. The van der Waals surface area contributed by atoms with Gasteiger partial charge in [-0.3, -0.25) is 9.59 Å². The van der Waals surface area contributed by atoms with Crippen LogP contribution in [0.5, 0.6) is 11.5 Å². The number of methoxy groups -OCH3 is 1. The largest absolute Gasteiger partial charge is 0.497 e. The first-order chi connectivity index (χ1) is 14.2. The zero-order chi connectivity index (χ0) is 22.3. The predicted octanol–water partition coefficient (Wildman–Crippen LogP) is 3.63. The second-order valence-electron chi connectivity index (χ2n) is 7.82. The second kappa shape index (κ2) is 10.7. The number of ether oxygens (including phenoxy) is 2. The summed E-state index contributed by atoms with van der Waals surface area (Å²) < 4.78 is 10.9. The molecular weight excluding hydrogens is 380 g/mol. The molecule has 6 nitrogen and oxygen atoms in total. The quantitative estimate of drug-likeness (QED) is 0.683. The molecule has 6 heteroatoms. The zero-order valence-electron chi connectivity index (χ0n) is 18.7. The minimum atomic E-state index is -0.634. The average Bonchev–Trinajstić information content (AvgIpc) is 2.69. The van der Waals surface area contributed by atoms with Gasteiger partial charge < -0.3 is 19.7 Å². The number of aryl methyl sites for hydroxylation is 2. The topological polar surface area (TPSA) is 67.9 Å². The van der Waals surface area contributed by atoms with Gasteiger partial charge in [-0.1, -0.05) is 18.2 Å². The van der Waals surface area contributed by atoms with Gasteiger partial charge in [-0.05, 0) is 75.6 Å². The van der Waals surface area contributed by atoms with Crippen molar-refractivity contribution >= 4 is 11.8 Å². The maximum Gasteiger partial charge on any atom is 0.261 e. The first-order valence-electron chi connectivity index (χ1n) is 10.1. The fourth-order valence-corrected chi connectivity index (χ4v) is 3.16. The normalized spacial score (nSPS) is 11.7. The van der Waals surface area contributed by atoms with E-state index in [4.69, 9.17) is 9.47 Å². The molecule has 2 amide bonds. The van der Waals surface area contributed by atoms with Crippen molar-refractivity contribution < 1.29 is 19.1 Å². The molecule has 2 aromatic carbocycles. The Labute approximate surface area is 179 Å². The second-order valence-corrected chi connectivity index (χ2v) is 7.82. The van der Waals surface area contributed by atoms with Crippen LogP contribution in [0.2, 0.25) is 0 Å². The average molecular weight is 413 g/mol. The Morgan fingerprint density at radius 1 is 0.967 bits per heavy atom. The third kappa shape index (κ3) is 6.79. The monoisotopic (exact) mass is 412 g/mol. The molecule has 0 aliphatic heterocycles. The highest BCUT2D eigenvalue weighted by Gasteiger charge is 2.27. The van der Waals surface area contributed by atoms with Crippen LogP contribution < -0.4 is 14.8 Å². The van der Waals surface area contributed by atoms with Crippen molar-refractivity contribution in [3.05, 3.63) is 59.2 Å². The van der Waals surface area contributed by atoms with E-state index in [1.165, 1.54) is 0 Å². The van der Waals surface area contributed by atoms with Gasteiger partial charge in [0.1, 0.15) is 17.5 Å². The van der Waals surface area contributed by atoms with Crippen molar-refractivity contribution in [3.8, 4) is 11.5 Å². The van der Waals surface area contributed by atoms with Gasteiger partial charge in [0.15, 0.2) is 6.61 Å². The predicted molar refractivity (Wildman–Crippen MR) is 118 cm³/mol. The van der Waals surface area contributed by atoms with Crippen LogP contribution in [0, 0.1) is 13.8 Å². The minimum absolute atomic E-state index is 0.00981. The SMILES string of the molecule is COc1ccc(CN(C(=O)COc2cc(C)cc(C)c2)[C@H](C)C(=O)NC(C)C)cc1. The van der Waals surface area contributed by atoms with Crippen LogP contribution in [-0.4, -0.2) is 42.5 Å². The van der Waals surface area contributed by atoms with Crippen molar-refractivity contribution in [2.24, 2.45) is 0 Å². The summed E-state index contributed by atoms with van der Waals surface area (Å²) in [6, 6.07) is 12.6. The van der Waals surface area contributed by atoms with Crippen LogP contribution in [0.1, 0.15) is 37.5 Å². The number of nitrogens with one attached hydrogen (secondary N) is 1. The molecule has 2 aromatic rings. The lowest BCUT2D eigenvalue weighted by atomic mass is 10.1. The van der Waals surface area contributed by atoms with Crippen molar-refractivity contribution in [2.75, 3.05) is 13.7 Å². The summed E-state index contributed by atoms with van der Waals surface area (Å²) in [4.78, 5) is 27.2. The van der Waals surface area contributed by atoms with Gasteiger partial charge in [0.05, 0.1) is 7.11 Å². The third-order valence-electron chi connectivity index (χ3n) is 4.67. The van der Waals surface area contributed by atoms with Crippen molar-refractivity contribution in [2.45, 2.75) is 53.2 Å². The van der Waals surface area contributed by atoms with Crippen molar-refractivity contribution in [1.29, 1.82) is 0 Å². The molecular formula is C24H32N2O4. The Hall–Kier alpha value is -3.02. The van der Waals surface area contributed by atoms with Crippen LogP contribution in [0.15, 0.2) is 42.5 Å². The van der Waals surface area contributed by atoms with E-state index in [2.05, 4.69) is 5.32 Å². The lowest BCUT2D eigenvalue weighted by Crippen LogP contribution is -2.50. The number of hydrogen-bond acceptors (Lipinski definition) is 4. The summed E-state index contributed by atoms with van der Waals surface area (Å²) in [5.74, 6) is 0.930. The molecule has 1 N–H and O–H groups in total. The van der Waals surface area contributed by atoms with E-state index < -0.39 is 6.04 Å². The molecule has 0 bridgehead atoms. The lowest BCUT2D eigenvalue weighted by Gasteiger charge is -2.29. The number of rotatable bonds is 9. The van der Waals surface area contributed by atoms with Crippen LogP contribution in [0.3, 0.4) is 0 Å². The molecule has 0 saturated carbocycles. The minimum Gasteiger partial charge on any atom is -0.497 e. The van der Waals surface area contributed by atoms with Crippen LogP contribution in [0.25, 0.3) is 0 Å². The van der Waals surface area contributed by atoms with E-state index in [0.29, 0.717) is 12.3 Å². The van der Waals surface area contributed by atoms with Gasteiger partial charge >= 0.3 is 0 Å². The summed E-state index contributed by atoms with van der Waals surface area (Å²) in [6.07, 6.45) is 0. The Bertz CT molecular complexity index is 842. The van der Waals surface area contributed by atoms with Gasteiger partial charge in [0.25, 0.3) is 5.91 Å². The molecule has 2 rings (SSSR count). The highest BCUT2D eigenvalue weighted by atomic mass is 16.5. The molecule has 0 aromatic heterocycles. The van der Waals surface area contributed by atoms with Crippen molar-refractivity contribution in [3.63, 3.8) is 0 Å². The first-order valence-corrected chi connectivity index (χ1v) is 10.1. The summed E-state index contributed by atoms with van der Waals surface area (Å²) in [5.41, 5.74) is 3.04. The highest BCUT2D eigenvalue weighted by molar-refractivity contribution is 5.88. The van der Waals surface area contributed by atoms with Gasteiger partial charge in [-0.2, -0.15) is 0 Å². The summed E-state index contributed by atoms with van der Waals surface area (Å²) in [7, 11) is 1.60. The van der Waals surface area contributed by atoms with E-state index in [1.54, 1.807) is 18.9 Å². The van der Waals surface area contributed by atoms with Gasteiger partial charge in [0, 0.05) is 12.6 Å². The fourth-order valence-electron chi connectivity index (χ4n) is 3.16. The van der Waals surface area contributed by atoms with E-state index in [9.17, 15) is 9.59 Å². The summed E-state index contributed by atoms with van der Waals surface area (Å²) in [6.45, 7) is 9.64. The van der Waals surface area contributed by atoms with E-state index in [1.807, 2.05) is 70.2 Å². The van der Waals surface area contributed by atoms with Crippen molar-refractivity contribution in [1.82, 2.24) is 10.2 Å². The first kappa shape index (κ1) is 23.3. The van der Waals surface area contributed by atoms with Gasteiger partial charge in [-0.25, -0.2) is 0 Å². The molecule has 0 unspecified atom stereocenters. The Morgan fingerprint density at radius 2 is 1.57 bits per heavy atom. The highest BCUT2D eigenvalue weighted by Crippen LogP contribution is 2.18. The number of amides is 2. The van der Waals surface area contributed by atoms with E-state index in [0.717, 1.165) is 22.4 Å². The van der Waals surface area contributed by atoms with Crippen LogP contribution >= 0.6 is 0 Å². The molecule has 0 saturated heterocycles. The lowest BCUT2D eigenvalue weighted by molar-refractivity contribution is -0.142. The molecule has 1 atom stereocenters. The number of carbonyl (C=O) groups excluding carboxylic acids is 2. The molecule has 0 heterocycles. The Balaban J connectivity index is 2.17. The number of nitrogens with zero attached hydrogens (tertiary/aromatic N) is 1. The van der Waals surface area contributed by atoms with Crippen LogP contribution in [0.4, 0.5) is 0 Å². The summed E-state index contributed by atoms with van der Waals surface area (Å²) >= 11 is 0. The summed E-state index contributed by atoms with van der Waals surface area (Å²) in [5, 5.41) is 2.88. The number of hydrogen-bond donors (Lipinski definition) is 1. The fraction of sp³-hybridized carbons (Fsp3) is 0.417. The third-order valence-corrected chi connectivity index (χ3v) is 4.67. The molecule has 0 aliphatic carbocycles. The Morgan fingerprint density at radius 3 is 2.10 bits per heavy atom. The zero-order valence-corrected chi connectivity index (χ0v) is 18.7. The number of carbonyl (C=O) groups is 2. The molecule has 0 aliphatic rings. The molecule has 0 spiro atoms. The number of benzene rings is 2. The maximum atomic E-state index is 13.0. The van der Waals surface area contributed by atoms with Gasteiger partial charge in [0.2, 0.25) is 5.91 Å². The smallest absolute Gasteiger partial charge is 0.261 e. The maximum absolute atomic E-state index is 13.0. The van der Waals surface area contributed by atoms with E-state index in [-0.39, 0.29) is 24.5 Å². The molecule has 30 heavy (non-hydrogen) atoms. The van der Waals surface area contributed by atoms with Gasteiger partial charge in [-0.15, -0.1) is 0 Å². The molecule has 0 radical (unpaired) electrons. The Kier molecular flexibility index (Phi) is 8.27. The molecule has 0 fully saturated rings. The van der Waals surface area contributed by atoms with E-state index >= 15 is 0 Å².